The van der Waals surface area contributed by atoms with Crippen molar-refractivity contribution >= 4 is 21.6 Å². The van der Waals surface area contributed by atoms with Gasteiger partial charge in [-0.25, -0.2) is 8.42 Å². The van der Waals surface area contributed by atoms with Gasteiger partial charge in [0.2, 0.25) is 15.9 Å². The first-order valence-electron chi connectivity index (χ1n) is 10.6. The van der Waals surface area contributed by atoms with Crippen LogP contribution in [-0.4, -0.2) is 38.8 Å². The summed E-state index contributed by atoms with van der Waals surface area (Å²) in [5, 5.41) is 0. The lowest BCUT2D eigenvalue weighted by molar-refractivity contribution is -0.117. The second-order valence-corrected chi connectivity index (χ2v) is 9.79. The Kier molecular flexibility index (Phi) is 6.11. The number of sulfonamides is 1. The van der Waals surface area contributed by atoms with E-state index >= 15 is 0 Å². The molecular weight excluding hydrogens is 400 g/mol. The highest BCUT2D eigenvalue weighted by molar-refractivity contribution is 7.89. The van der Waals surface area contributed by atoms with Gasteiger partial charge in [-0.05, 0) is 61.2 Å². The molecule has 6 nitrogen and oxygen atoms in total. The summed E-state index contributed by atoms with van der Waals surface area (Å²) in [6.45, 7) is 1.20. The maximum absolute atomic E-state index is 13.6. The SMILES string of the molecule is COc1ccc([C@@H]2CCCCCN2S(=O)(=O)c2ccc(N3CCCC3=O)cc2)cc1. The molecule has 2 aromatic carbocycles. The molecule has 160 valence electrons. The Bertz CT molecular complexity index is 987. The molecule has 0 N–H and O–H groups in total. The summed E-state index contributed by atoms with van der Waals surface area (Å²) in [6, 6.07) is 14.2. The third-order valence-corrected chi connectivity index (χ3v) is 7.96. The molecule has 4 rings (SSSR count). The van der Waals surface area contributed by atoms with Gasteiger partial charge in [-0.1, -0.05) is 25.0 Å². The van der Waals surface area contributed by atoms with Gasteiger partial charge in [0, 0.05) is 25.2 Å². The molecule has 0 aliphatic carbocycles. The largest absolute Gasteiger partial charge is 0.497 e. The van der Waals surface area contributed by atoms with Crippen molar-refractivity contribution in [3.05, 3.63) is 54.1 Å². The predicted molar refractivity (Wildman–Crippen MR) is 116 cm³/mol. The van der Waals surface area contributed by atoms with Gasteiger partial charge >= 0.3 is 0 Å². The standard InChI is InChI=1S/C23H28N2O4S/c1-29-20-12-8-18(9-13-20)22-6-3-2-4-17-25(22)30(27,28)21-14-10-19(11-15-21)24-16-5-7-23(24)26/h8-15,22H,2-7,16-17H2,1H3/t22-/m0/s1. The zero-order valence-electron chi connectivity index (χ0n) is 17.3. The Balaban J connectivity index is 1.63. The minimum Gasteiger partial charge on any atom is -0.497 e. The molecule has 0 unspecified atom stereocenters. The van der Waals surface area contributed by atoms with Crippen molar-refractivity contribution in [1.82, 2.24) is 4.31 Å². The zero-order valence-corrected chi connectivity index (χ0v) is 18.1. The maximum atomic E-state index is 13.6. The molecule has 2 heterocycles. The molecule has 0 spiro atoms. The summed E-state index contributed by atoms with van der Waals surface area (Å²) in [4.78, 5) is 14.0. The number of benzene rings is 2. The first kappa shape index (κ1) is 20.9. The van der Waals surface area contributed by atoms with E-state index in [9.17, 15) is 13.2 Å². The van der Waals surface area contributed by atoms with Crippen molar-refractivity contribution in [3.8, 4) is 5.75 Å². The molecule has 2 aliphatic rings. The van der Waals surface area contributed by atoms with Crippen LogP contribution in [0.25, 0.3) is 0 Å². The van der Waals surface area contributed by atoms with Crippen molar-refractivity contribution in [3.63, 3.8) is 0 Å². The normalized spacial score (nSPS) is 20.9. The topological polar surface area (TPSA) is 66.9 Å². The van der Waals surface area contributed by atoms with E-state index in [4.69, 9.17) is 4.74 Å². The Hall–Kier alpha value is -2.38. The van der Waals surface area contributed by atoms with Crippen LogP contribution in [0.4, 0.5) is 5.69 Å². The van der Waals surface area contributed by atoms with E-state index in [1.165, 1.54) is 0 Å². The second-order valence-electron chi connectivity index (χ2n) is 7.90. The van der Waals surface area contributed by atoms with Crippen LogP contribution in [0.3, 0.4) is 0 Å². The van der Waals surface area contributed by atoms with Gasteiger partial charge in [0.15, 0.2) is 0 Å². The van der Waals surface area contributed by atoms with Gasteiger partial charge < -0.3 is 9.64 Å². The molecule has 2 aliphatic heterocycles. The van der Waals surface area contributed by atoms with Gasteiger partial charge in [0.25, 0.3) is 0 Å². The molecule has 0 saturated carbocycles. The minimum absolute atomic E-state index is 0.0951. The monoisotopic (exact) mass is 428 g/mol. The molecule has 7 heteroatoms. The fraction of sp³-hybridized carbons (Fsp3) is 0.435. The summed E-state index contributed by atoms with van der Waals surface area (Å²) in [7, 11) is -2.03. The highest BCUT2D eigenvalue weighted by Gasteiger charge is 2.33. The van der Waals surface area contributed by atoms with E-state index in [2.05, 4.69) is 0 Å². The minimum atomic E-state index is -3.65. The van der Waals surface area contributed by atoms with Crippen molar-refractivity contribution in [2.75, 3.05) is 25.1 Å². The van der Waals surface area contributed by atoms with E-state index < -0.39 is 10.0 Å². The third-order valence-electron chi connectivity index (χ3n) is 6.03. The first-order valence-corrected chi connectivity index (χ1v) is 12.0. The number of carbonyl (C=O) groups excluding carboxylic acids is 1. The van der Waals surface area contributed by atoms with Crippen LogP contribution < -0.4 is 9.64 Å². The Morgan fingerprint density at radius 3 is 2.27 bits per heavy atom. The van der Waals surface area contributed by atoms with Crippen LogP contribution in [0.1, 0.15) is 50.1 Å². The number of amides is 1. The van der Waals surface area contributed by atoms with E-state index in [1.807, 2.05) is 24.3 Å². The van der Waals surface area contributed by atoms with Gasteiger partial charge in [0.05, 0.1) is 18.0 Å². The molecule has 0 bridgehead atoms. The van der Waals surface area contributed by atoms with Gasteiger partial charge in [0.1, 0.15) is 5.75 Å². The molecule has 1 atom stereocenters. The maximum Gasteiger partial charge on any atom is 0.243 e. The van der Waals surface area contributed by atoms with Crippen molar-refractivity contribution in [2.24, 2.45) is 0 Å². The summed E-state index contributed by atoms with van der Waals surface area (Å²) < 4.78 is 34.0. The van der Waals surface area contributed by atoms with Crippen LogP contribution >= 0.6 is 0 Å². The van der Waals surface area contributed by atoms with Crippen LogP contribution in [0.2, 0.25) is 0 Å². The van der Waals surface area contributed by atoms with E-state index in [-0.39, 0.29) is 16.8 Å². The van der Waals surface area contributed by atoms with Gasteiger partial charge in [-0.3, -0.25) is 4.79 Å². The lowest BCUT2D eigenvalue weighted by Gasteiger charge is -2.30. The summed E-state index contributed by atoms with van der Waals surface area (Å²) in [6.07, 6.45) is 5.07. The lowest BCUT2D eigenvalue weighted by Crippen LogP contribution is -2.35. The number of methoxy groups -OCH3 is 1. The van der Waals surface area contributed by atoms with Crippen molar-refractivity contribution in [2.45, 2.75) is 49.5 Å². The fourth-order valence-corrected chi connectivity index (χ4v) is 6.07. The summed E-state index contributed by atoms with van der Waals surface area (Å²) in [5.74, 6) is 0.853. The zero-order chi connectivity index (χ0) is 21.1. The van der Waals surface area contributed by atoms with E-state index in [1.54, 1.807) is 40.6 Å². The third kappa shape index (κ3) is 4.09. The van der Waals surface area contributed by atoms with Crippen LogP contribution in [0.5, 0.6) is 5.75 Å². The molecule has 2 fully saturated rings. The Morgan fingerprint density at radius 2 is 1.63 bits per heavy atom. The average molecular weight is 429 g/mol. The Labute approximate surface area is 178 Å². The summed E-state index contributed by atoms with van der Waals surface area (Å²) >= 11 is 0. The summed E-state index contributed by atoms with van der Waals surface area (Å²) in [5.41, 5.74) is 1.75. The molecule has 2 aromatic rings. The van der Waals surface area contributed by atoms with Gasteiger partial charge in [-0.15, -0.1) is 0 Å². The first-order chi connectivity index (χ1) is 14.5. The molecule has 0 radical (unpaired) electrons. The van der Waals surface area contributed by atoms with Crippen molar-refractivity contribution < 1.29 is 17.9 Å². The van der Waals surface area contributed by atoms with Crippen LogP contribution in [0, 0.1) is 0 Å². The Morgan fingerprint density at radius 1 is 0.900 bits per heavy atom. The van der Waals surface area contributed by atoms with E-state index in [0.717, 1.165) is 49.1 Å². The van der Waals surface area contributed by atoms with E-state index in [0.29, 0.717) is 19.5 Å². The molecule has 2 saturated heterocycles. The van der Waals surface area contributed by atoms with Crippen LogP contribution in [-0.2, 0) is 14.8 Å². The predicted octanol–water partition coefficient (Wildman–Crippen LogP) is 4.13. The quantitative estimate of drug-likeness (QED) is 0.718. The average Bonchev–Trinajstić information content (AvgIpc) is 3.04. The number of hydrogen-bond acceptors (Lipinski definition) is 4. The van der Waals surface area contributed by atoms with Crippen molar-refractivity contribution in [1.29, 1.82) is 0 Å². The molecular formula is C23H28N2O4S. The number of nitrogens with zero attached hydrogens (tertiary/aromatic N) is 2. The molecule has 1 amide bonds. The second kappa shape index (κ2) is 8.78. The number of rotatable bonds is 5. The van der Waals surface area contributed by atoms with Crippen LogP contribution in [0.15, 0.2) is 53.4 Å². The lowest BCUT2D eigenvalue weighted by atomic mass is 10.0. The highest BCUT2D eigenvalue weighted by atomic mass is 32.2. The smallest absolute Gasteiger partial charge is 0.243 e. The number of anilines is 1. The highest BCUT2D eigenvalue weighted by Crippen LogP contribution is 2.36. The number of hydrogen-bond donors (Lipinski definition) is 0. The molecule has 0 aromatic heterocycles. The fourth-order valence-electron chi connectivity index (χ4n) is 4.38. The number of ether oxygens (including phenoxy) is 1. The number of carbonyl (C=O) groups is 1. The van der Waals surface area contributed by atoms with Gasteiger partial charge in [-0.2, -0.15) is 4.31 Å². The molecule has 30 heavy (non-hydrogen) atoms.